The van der Waals surface area contributed by atoms with Gasteiger partial charge in [0.25, 0.3) is 0 Å². The number of benzene rings is 4. The highest BCUT2D eigenvalue weighted by atomic mass is 35.5. The average molecular weight is 719 g/mol. The minimum absolute atomic E-state index is 0.0848. The van der Waals surface area contributed by atoms with Crippen LogP contribution in [0.15, 0.2) is 91.0 Å². The van der Waals surface area contributed by atoms with Crippen molar-refractivity contribution in [1.29, 1.82) is 0 Å². The van der Waals surface area contributed by atoms with Gasteiger partial charge in [-0.25, -0.2) is 9.97 Å². The van der Waals surface area contributed by atoms with Gasteiger partial charge >= 0.3 is 7.12 Å². The fourth-order valence-corrected chi connectivity index (χ4v) is 6.46. The maximum atomic E-state index is 11.4. The number of carbonyl (C=O) groups excluding carboxylic acids is 2. The summed E-state index contributed by atoms with van der Waals surface area (Å²) in [4.78, 5) is 31.7. The average Bonchev–Trinajstić information content (AvgIpc) is 3.13. The molecule has 5 aromatic rings. The zero-order chi connectivity index (χ0) is 37.0. The Labute approximate surface area is 309 Å². The largest absolute Gasteiger partial charge is 0.488 e. The molecule has 10 nitrogen and oxygen atoms in total. The molecule has 1 heterocycles. The van der Waals surface area contributed by atoms with E-state index in [0.29, 0.717) is 33.8 Å². The van der Waals surface area contributed by atoms with E-state index in [0.717, 1.165) is 52.2 Å². The van der Waals surface area contributed by atoms with Crippen LogP contribution in [0.4, 0.5) is 17.2 Å². The maximum absolute atomic E-state index is 11.4. The van der Waals surface area contributed by atoms with Crippen molar-refractivity contribution in [2.45, 2.75) is 39.5 Å². The van der Waals surface area contributed by atoms with Crippen molar-refractivity contribution in [3.8, 4) is 11.1 Å². The summed E-state index contributed by atoms with van der Waals surface area (Å²) >= 11 is 6.30. The predicted molar refractivity (Wildman–Crippen MR) is 213 cm³/mol. The van der Waals surface area contributed by atoms with Gasteiger partial charge in [0, 0.05) is 42.2 Å². The van der Waals surface area contributed by atoms with Crippen LogP contribution in [0.2, 0.25) is 5.02 Å². The Morgan fingerprint density at radius 2 is 1.54 bits per heavy atom. The molecule has 0 bridgehead atoms. The number of anilines is 3. The normalized spacial score (nSPS) is 15.4. The molecule has 52 heavy (non-hydrogen) atoms. The molecule has 2 atom stereocenters. The lowest BCUT2D eigenvalue weighted by molar-refractivity contribution is -0.115. The Morgan fingerprint density at radius 1 is 0.846 bits per heavy atom. The minimum Gasteiger partial charge on any atom is -0.423 e. The minimum atomic E-state index is -1.51. The second-order valence-electron chi connectivity index (χ2n) is 13.0. The van der Waals surface area contributed by atoms with Gasteiger partial charge in [-0.05, 0) is 108 Å². The Kier molecular flexibility index (Phi) is 13.5. The molecule has 0 spiro atoms. The van der Waals surface area contributed by atoms with Crippen LogP contribution in [0, 0.1) is 11.8 Å². The first-order valence-corrected chi connectivity index (χ1v) is 17.7. The van der Waals surface area contributed by atoms with Gasteiger partial charge in [-0.1, -0.05) is 72.6 Å². The van der Waals surface area contributed by atoms with Crippen molar-refractivity contribution >= 4 is 76.2 Å². The topological polar surface area (TPSA) is 162 Å². The highest BCUT2D eigenvalue weighted by Gasteiger charge is 2.21. The lowest BCUT2D eigenvalue weighted by Crippen LogP contribution is -2.29. The fourth-order valence-electron chi connectivity index (χ4n) is 6.29. The molecule has 0 aliphatic heterocycles. The Balaban J connectivity index is 0.000000340. The molecule has 6 rings (SSSR count). The number of amides is 2. The van der Waals surface area contributed by atoms with Crippen molar-refractivity contribution in [3.05, 3.63) is 107 Å². The van der Waals surface area contributed by atoms with E-state index in [9.17, 15) is 9.59 Å². The number of nitrogens with zero attached hydrogens (tertiary/aromatic N) is 2. The van der Waals surface area contributed by atoms with Crippen molar-refractivity contribution < 1.29 is 19.6 Å². The summed E-state index contributed by atoms with van der Waals surface area (Å²) in [5.41, 5.74) is 11.6. The SMILES string of the molecule is CC(=O)Nc1cccc(-c2ccc(C=Cc3nc(NCC4CCCC(CN)C4)c4ccc(Cl)cc4n3)cc2)c1.CC(=O)Nc1cccc(B(O)O)c1. The van der Waals surface area contributed by atoms with E-state index < -0.39 is 7.12 Å². The maximum Gasteiger partial charge on any atom is 0.488 e. The molecule has 4 aromatic carbocycles. The van der Waals surface area contributed by atoms with Gasteiger partial charge in [0.15, 0.2) is 5.82 Å². The third-order valence-electron chi connectivity index (χ3n) is 8.82. The summed E-state index contributed by atoms with van der Waals surface area (Å²) < 4.78 is 0. The monoisotopic (exact) mass is 718 g/mol. The fraction of sp³-hybridized carbons (Fsp3) is 0.250. The summed E-state index contributed by atoms with van der Waals surface area (Å²) in [7, 11) is -1.51. The summed E-state index contributed by atoms with van der Waals surface area (Å²) in [5, 5.41) is 28.2. The number of fused-ring (bicyclic) bond motifs is 1. The number of carbonyl (C=O) groups is 2. The van der Waals surface area contributed by atoms with Crippen LogP contribution in [-0.4, -0.2) is 52.0 Å². The highest BCUT2D eigenvalue weighted by Crippen LogP contribution is 2.30. The molecular formula is C40H44BClN6O4. The van der Waals surface area contributed by atoms with Crippen molar-refractivity contribution in [3.63, 3.8) is 0 Å². The molecule has 2 unspecified atom stereocenters. The molecule has 12 heteroatoms. The summed E-state index contributed by atoms with van der Waals surface area (Å²) in [6, 6.07) is 28.2. The molecule has 268 valence electrons. The Morgan fingerprint density at radius 3 is 2.23 bits per heavy atom. The van der Waals surface area contributed by atoms with Crippen LogP contribution in [0.5, 0.6) is 0 Å². The third-order valence-corrected chi connectivity index (χ3v) is 9.05. The van der Waals surface area contributed by atoms with E-state index >= 15 is 0 Å². The number of rotatable bonds is 10. The van der Waals surface area contributed by atoms with Crippen LogP contribution in [-0.2, 0) is 9.59 Å². The van der Waals surface area contributed by atoms with E-state index in [1.807, 2.05) is 54.6 Å². The van der Waals surface area contributed by atoms with E-state index in [1.54, 1.807) is 18.2 Å². The number of aromatic nitrogens is 2. The van der Waals surface area contributed by atoms with E-state index in [2.05, 4.69) is 40.2 Å². The molecule has 0 radical (unpaired) electrons. The number of nitrogens with two attached hydrogens (primary N) is 1. The predicted octanol–water partition coefficient (Wildman–Crippen LogP) is 6.58. The smallest absolute Gasteiger partial charge is 0.423 e. The van der Waals surface area contributed by atoms with Crippen LogP contribution in [0.25, 0.3) is 34.2 Å². The quantitative estimate of drug-likeness (QED) is 0.0883. The van der Waals surface area contributed by atoms with Crippen LogP contribution in [0.1, 0.15) is 50.9 Å². The van der Waals surface area contributed by atoms with Gasteiger partial charge in [-0.3, -0.25) is 9.59 Å². The molecule has 1 aromatic heterocycles. The zero-order valence-corrected chi connectivity index (χ0v) is 30.1. The number of hydrogen-bond donors (Lipinski definition) is 6. The standard InChI is InChI=1S/C32H34ClN5O.C8H10BNO3/c1-21(39)36-28-7-3-6-26(17-28)25-11-8-22(9-12-25)10-15-31-37-30-18-27(33)13-14-29(30)32(38-31)35-20-24-5-2-4-23(16-24)19-34;1-6(11)10-8-4-2-3-7(5-8)9(12)13/h3,6-15,17-18,23-24H,2,4-5,16,19-20,34H2,1H3,(H,36,39)(H,35,37,38);2-5,12-13H,1H3,(H,10,11). The van der Waals surface area contributed by atoms with Crippen LogP contribution < -0.4 is 27.1 Å². The molecule has 2 amide bonds. The second kappa shape index (κ2) is 18.4. The Bertz CT molecular complexity index is 2020. The summed E-state index contributed by atoms with van der Waals surface area (Å²) in [6.45, 7) is 4.54. The molecule has 1 aliphatic rings. The molecule has 1 aliphatic carbocycles. The summed E-state index contributed by atoms with van der Waals surface area (Å²) in [5.74, 6) is 2.41. The highest BCUT2D eigenvalue weighted by molar-refractivity contribution is 6.58. The van der Waals surface area contributed by atoms with E-state index in [-0.39, 0.29) is 11.8 Å². The van der Waals surface area contributed by atoms with Crippen molar-refractivity contribution in [2.24, 2.45) is 17.6 Å². The number of halogens is 1. The van der Waals surface area contributed by atoms with E-state index in [1.165, 1.54) is 45.6 Å². The number of nitrogens with one attached hydrogen (secondary N) is 3. The van der Waals surface area contributed by atoms with Gasteiger partial charge in [0.1, 0.15) is 5.82 Å². The second-order valence-corrected chi connectivity index (χ2v) is 13.4. The van der Waals surface area contributed by atoms with E-state index in [4.69, 9.17) is 37.4 Å². The van der Waals surface area contributed by atoms with Crippen LogP contribution in [0.3, 0.4) is 0 Å². The first-order valence-electron chi connectivity index (χ1n) is 17.4. The summed E-state index contributed by atoms with van der Waals surface area (Å²) in [6.07, 6.45) is 8.81. The van der Waals surface area contributed by atoms with Gasteiger partial charge in [0.05, 0.1) is 5.52 Å². The Hall–Kier alpha value is -5.07. The zero-order valence-electron chi connectivity index (χ0n) is 29.4. The molecule has 1 saturated carbocycles. The molecule has 1 fully saturated rings. The lowest BCUT2D eigenvalue weighted by atomic mass is 9.80. The van der Waals surface area contributed by atoms with Gasteiger partial charge in [-0.15, -0.1) is 0 Å². The van der Waals surface area contributed by atoms with Crippen molar-refractivity contribution in [1.82, 2.24) is 9.97 Å². The van der Waals surface area contributed by atoms with Gasteiger partial charge in [-0.2, -0.15) is 0 Å². The molecule has 7 N–H and O–H groups in total. The first kappa shape index (κ1) is 38.2. The first-order chi connectivity index (χ1) is 25.1. The van der Waals surface area contributed by atoms with Gasteiger partial charge < -0.3 is 31.7 Å². The lowest BCUT2D eigenvalue weighted by Gasteiger charge is -2.28. The molecular weight excluding hydrogens is 675 g/mol. The third kappa shape index (κ3) is 11.2. The number of hydrogen-bond acceptors (Lipinski definition) is 8. The van der Waals surface area contributed by atoms with Gasteiger partial charge in [0.2, 0.25) is 11.8 Å². The molecule has 0 saturated heterocycles. The van der Waals surface area contributed by atoms with Crippen LogP contribution >= 0.6 is 11.6 Å². The van der Waals surface area contributed by atoms with Crippen molar-refractivity contribution in [2.75, 3.05) is 29.0 Å².